The number of para-hydroxylation sites is 1. The van der Waals surface area contributed by atoms with E-state index in [1.54, 1.807) is 23.8 Å². The molecule has 29 heavy (non-hydrogen) atoms. The van der Waals surface area contributed by atoms with Gasteiger partial charge in [0.1, 0.15) is 12.6 Å². The number of aromatic nitrogens is 1. The second-order valence-electron chi connectivity index (χ2n) is 6.29. The van der Waals surface area contributed by atoms with E-state index < -0.39 is 29.1 Å². The van der Waals surface area contributed by atoms with Gasteiger partial charge in [-0.1, -0.05) is 18.2 Å². The molecule has 1 aromatic heterocycles. The van der Waals surface area contributed by atoms with Crippen LogP contribution in [0.5, 0.6) is 0 Å². The van der Waals surface area contributed by atoms with E-state index in [2.05, 4.69) is 0 Å². The van der Waals surface area contributed by atoms with Gasteiger partial charge < -0.3 is 14.0 Å². The van der Waals surface area contributed by atoms with Crippen molar-refractivity contribution in [1.82, 2.24) is 9.47 Å². The topological polar surface area (TPSA) is 94.9 Å². The molecule has 1 aliphatic rings. The molecule has 2 heterocycles. The molecule has 0 N–H and O–H groups in total. The number of thioether (sulfide) groups is 1. The van der Waals surface area contributed by atoms with Crippen LogP contribution in [-0.4, -0.2) is 52.3 Å². The van der Waals surface area contributed by atoms with E-state index in [1.807, 2.05) is 24.3 Å². The number of imide groups is 1. The number of rotatable bonds is 6. The van der Waals surface area contributed by atoms with Gasteiger partial charge in [0.05, 0.1) is 18.6 Å². The molecule has 0 saturated carbocycles. The van der Waals surface area contributed by atoms with E-state index >= 15 is 0 Å². The van der Waals surface area contributed by atoms with Gasteiger partial charge >= 0.3 is 11.9 Å². The Kier molecular flexibility index (Phi) is 6.07. The van der Waals surface area contributed by atoms with Crippen molar-refractivity contribution in [2.75, 3.05) is 13.7 Å². The number of ether oxygens (including phenoxy) is 2. The molecule has 1 atom stereocenters. The predicted octanol–water partition coefficient (Wildman–Crippen LogP) is 2.80. The van der Waals surface area contributed by atoms with E-state index in [4.69, 9.17) is 9.47 Å². The highest BCUT2D eigenvalue weighted by Crippen LogP contribution is 2.35. The molecule has 1 aliphatic heterocycles. The van der Waals surface area contributed by atoms with Crippen LogP contribution in [-0.2, 0) is 30.4 Å². The van der Waals surface area contributed by atoms with Crippen LogP contribution in [0.1, 0.15) is 19.4 Å². The van der Waals surface area contributed by atoms with Crippen molar-refractivity contribution < 1.29 is 28.7 Å². The summed E-state index contributed by atoms with van der Waals surface area (Å²) in [6, 6.07) is 6.39. The maximum Gasteiger partial charge on any atom is 0.329 e. The number of hydrogen-bond donors (Lipinski definition) is 0. The minimum absolute atomic E-state index is 0.0201. The van der Waals surface area contributed by atoms with E-state index in [9.17, 15) is 19.2 Å². The highest BCUT2D eigenvalue weighted by molar-refractivity contribution is 8.18. The Bertz CT molecular complexity index is 1030. The van der Waals surface area contributed by atoms with E-state index in [-0.39, 0.29) is 18.1 Å². The van der Waals surface area contributed by atoms with E-state index in [0.29, 0.717) is 5.56 Å². The first-order valence-electron chi connectivity index (χ1n) is 8.95. The molecular weight excluding hydrogens is 396 g/mol. The maximum absolute atomic E-state index is 12.8. The second-order valence-corrected chi connectivity index (χ2v) is 7.28. The maximum atomic E-state index is 12.8. The van der Waals surface area contributed by atoms with Gasteiger partial charge in [-0.15, -0.1) is 0 Å². The second kappa shape index (κ2) is 8.52. The van der Waals surface area contributed by atoms with Gasteiger partial charge in [-0.25, -0.2) is 4.79 Å². The molecule has 1 aromatic carbocycles. The first-order chi connectivity index (χ1) is 13.9. The zero-order valence-corrected chi connectivity index (χ0v) is 17.0. The number of fused-ring (bicyclic) bond motifs is 1. The summed E-state index contributed by atoms with van der Waals surface area (Å²) >= 11 is 0.767. The third-order valence-electron chi connectivity index (χ3n) is 4.47. The first-order valence-corrected chi connectivity index (χ1v) is 9.77. The lowest BCUT2D eigenvalue weighted by molar-refractivity contribution is -0.150. The molecule has 0 aliphatic carbocycles. The lowest BCUT2D eigenvalue weighted by Gasteiger charge is -2.19. The summed E-state index contributed by atoms with van der Waals surface area (Å²) in [5.41, 5.74) is 1.47. The Labute approximate surface area is 171 Å². The molecule has 1 saturated heterocycles. The molecule has 8 nitrogen and oxygen atoms in total. The Hall–Kier alpha value is -3.07. The van der Waals surface area contributed by atoms with Crippen LogP contribution in [0.3, 0.4) is 0 Å². The average molecular weight is 416 g/mol. The largest absolute Gasteiger partial charge is 0.468 e. The van der Waals surface area contributed by atoms with Crippen molar-refractivity contribution in [3.8, 4) is 0 Å². The van der Waals surface area contributed by atoms with Gasteiger partial charge in [-0.2, -0.15) is 0 Å². The lowest BCUT2D eigenvalue weighted by atomic mass is 10.1. The van der Waals surface area contributed by atoms with Crippen molar-refractivity contribution in [3.05, 3.63) is 40.9 Å². The minimum Gasteiger partial charge on any atom is -0.468 e. The average Bonchev–Trinajstić information content (AvgIpc) is 3.18. The standard InChI is InChI=1S/C20H20N2O6S/c1-4-28-19(25)12(2)22-18(24)16(29-20(22)26)9-13-10-21(11-17(23)27-3)15-8-6-5-7-14(13)15/h5-10,12H,4,11H2,1-3H3/b16-9+. The highest BCUT2D eigenvalue weighted by atomic mass is 32.2. The van der Waals surface area contributed by atoms with Crippen LogP contribution in [0, 0.1) is 0 Å². The van der Waals surface area contributed by atoms with Crippen LogP contribution >= 0.6 is 11.8 Å². The molecule has 3 rings (SSSR count). The summed E-state index contributed by atoms with van der Waals surface area (Å²) in [4.78, 5) is 49.9. The summed E-state index contributed by atoms with van der Waals surface area (Å²) in [5.74, 6) is -1.59. The number of carbonyl (C=O) groups excluding carboxylic acids is 4. The van der Waals surface area contributed by atoms with Crippen LogP contribution in [0.4, 0.5) is 4.79 Å². The normalized spacial score (nSPS) is 16.5. The molecule has 2 aromatic rings. The summed E-state index contributed by atoms with van der Waals surface area (Å²) in [6.45, 7) is 3.29. The lowest BCUT2D eigenvalue weighted by Crippen LogP contribution is -2.42. The third-order valence-corrected chi connectivity index (χ3v) is 5.36. The van der Waals surface area contributed by atoms with Crippen LogP contribution < -0.4 is 0 Å². The Morgan fingerprint density at radius 2 is 1.97 bits per heavy atom. The zero-order valence-electron chi connectivity index (χ0n) is 16.2. The van der Waals surface area contributed by atoms with Crippen molar-refractivity contribution in [1.29, 1.82) is 0 Å². The fraction of sp³-hybridized carbons (Fsp3) is 0.300. The SMILES string of the molecule is CCOC(=O)C(C)N1C(=O)S/C(=C/c2cn(CC(=O)OC)c3ccccc23)C1=O. The van der Waals surface area contributed by atoms with E-state index in [0.717, 1.165) is 27.6 Å². The number of methoxy groups -OCH3 is 1. The zero-order chi connectivity index (χ0) is 21.1. The Morgan fingerprint density at radius 1 is 1.24 bits per heavy atom. The number of esters is 2. The molecule has 0 bridgehead atoms. The molecule has 1 unspecified atom stereocenters. The van der Waals surface area contributed by atoms with Crippen molar-refractivity contribution in [2.24, 2.45) is 0 Å². The van der Waals surface area contributed by atoms with Gasteiger partial charge in [0.2, 0.25) is 0 Å². The highest BCUT2D eigenvalue weighted by Gasteiger charge is 2.41. The monoisotopic (exact) mass is 416 g/mol. The van der Waals surface area contributed by atoms with Crippen molar-refractivity contribution in [2.45, 2.75) is 26.4 Å². The molecule has 0 radical (unpaired) electrons. The smallest absolute Gasteiger partial charge is 0.329 e. The summed E-state index contributed by atoms with van der Waals surface area (Å²) in [5, 5.41) is 0.293. The third kappa shape index (κ3) is 4.04. The minimum atomic E-state index is -1.01. The van der Waals surface area contributed by atoms with Gasteiger partial charge in [-0.05, 0) is 37.8 Å². The number of carbonyl (C=O) groups is 4. The van der Waals surface area contributed by atoms with E-state index in [1.165, 1.54) is 14.0 Å². The molecule has 2 amide bonds. The van der Waals surface area contributed by atoms with Gasteiger partial charge in [-0.3, -0.25) is 19.3 Å². The number of nitrogens with zero attached hydrogens (tertiary/aromatic N) is 2. The van der Waals surface area contributed by atoms with Crippen molar-refractivity contribution >= 4 is 51.8 Å². The van der Waals surface area contributed by atoms with Gasteiger partial charge in [0, 0.05) is 22.7 Å². The molecular formula is C20H20N2O6S. The molecule has 9 heteroatoms. The number of hydrogen-bond acceptors (Lipinski definition) is 7. The Balaban J connectivity index is 1.95. The molecule has 0 spiro atoms. The fourth-order valence-electron chi connectivity index (χ4n) is 3.05. The summed E-state index contributed by atoms with van der Waals surface area (Å²) in [6.07, 6.45) is 3.32. The number of benzene rings is 1. The van der Waals surface area contributed by atoms with Crippen LogP contribution in [0.2, 0.25) is 0 Å². The first kappa shape index (κ1) is 20.7. The fourth-order valence-corrected chi connectivity index (χ4v) is 3.95. The van der Waals surface area contributed by atoms with Crippen molar-refractivity contribution in [3.63, 3.8) is 0 Å². The van der Waals surface area contributed by atoms with Crippen LogP contribution in [0.25, 0.3) is 17.0 Å². The molecule has 1 fully saturated rings. The summed E-state index contributed by atoms with van der Waals surface area (Å²) < 4.78 is 11.4. The predicted molar refractivity (Wildman–Crippen MR) is 108 cm³/mol. The Morgan fingerprint density at radius 3 is 2.66 bits per heavy atom. The quantitative estimate of drug-likeness (QED) is 0.528. The van der Waals surface area contributed by atoms with Crippen LogP contribution in [0.15, 0.2) is 35.4 Å². The number of amides is 2. The molecule has 152 valence electrons. The summed E-state index contributed by atoms with van der Waals surface area (Å²) in [7, 11) is 1.32. The van der Waals surface area contributed by atoms with Gasteiger partial charge in [0.15, 0.2) is 0 Å². The van der Waals surface area contributed by atoms with Gasteiger partial charge in [0.25, 0.3) is 11.1 Å².